The Morgan fingerprint density at radius 2 is 1.73 bits per heavy atom. The molecule has 1 saturated heterocycles. The number of hydrogen-bond acceptors (Lipinski definition) is 5. The minimum absolute atomic E-state index is 0. The molecule has 2 N–H and O–H groups in total. The van der Waals surface area contributed by atoms with Gasteiger partial charge in [0.1, 0.15) is 6.54 Å². The van der Waals surface area contributed by atoms with E-state index in [-0.39, 0.29) is 36.4 Å². The summed E-state index contributed by atoms with van der Waals surface area (Å²) in [4.78, 5) is 20.0. The molecule has 0 aliphatic carbocycles. The van der Waals surface area contributed by atoms with Crippen LogP contribution in [0.25, 0.3) is 0 Å². The van der Waals surface area contributed by atoms with Crippen molar-refractivity contribution in [3.8, 4) is 0 Å². The second kappa shape index (κ2) is 13.7. The van der Waals surface area contributed by atoms with Crippen molar-refractivity contribution in [1.29, 1.82) is 0 Å². The van der Waals surface area contributed by atoms with Crippen LogP contribution in [0.3, 0.4) is 0 Å². The van der Waals surface area contributed by atoms with Crippen LogP contribution >= 0.6 is 24.0 Å². The van der Waals surface area contributed by atoms with E-state index in [1.165, 1.54) is 10.6 Å². The van der Waals surface area contributed by atoms with Gasteiger partial charge in [0.05, 0.1) is 13.2 Å². The van der Waals surface area contributed by atoms with Gasteiger partial charge < -0.3 is 29.9 Å². The quantitative estimate of drug-likeness (QED) is 0.207. The molecule has 9 heteroatoms. The summed E-state index contributed by atoms with van der Waals surface area (Å²) in [6, 6.07) is 10.3. The summed E-state index contributed by atoms with van der Waals surface area (Å²) in [6.07, 6.45) is 1.64. The van der Waals surface area contributed by atoms with E-state index in [4.69, 9.17) is 9.47 Å². The fourth-order valence-corrected chi connectivity index (χ4v) is 2.91. The van der Waals surface area contributed by atoms with Crippen LogP contribution in [0.4, 0.5) is 5.69 Å². The number of likely N-dealkylation sites (N-methyl/N-ethyl adjacent to an activating group) is 1. The average molecular weight is 533 g/mol. The molecule has 1 fully saturated rings. The first-order valence-corrected chi connectivity index (χ1v) is 10.2. The summed E-state index contributed by atoms with van der Waals surface area (Å²) in [5.41, 5.74) is 1.20. The molecule has 8 nitrogen and oxygen atoms in total. The predicted octanol–water partition coefficient (Wildman–Crippen LogP) is 1.91. The maximum absolute atomic E-state index is 11.9. The van der Waals surface area contributed by atoms with Gasteiger partial charge in [-0.3, -0.25) is 4.79 Å². The fraction of sp³-hybridized carbons (Fsp3) is 0.619. The lowest BCUT2D eigenvalue weighted by atomic mass is 10.2. The van der Waals surface area contributed by atoms with Crippen LogP contribution in [0.15, 0.2) is 35.3 Å². The molecule has 1 aromatic rings. The van der Waals surface area contributed by atoms with Gasteiger partial charge in [-0.15, -0.1) is 24.0 Å². The molecule has 2 rings (SSSR count). The topological polar surface area (TPSA) is 78.4 Å². The van der Waals surface area contributed by atoms with Gasteiger partial charge in [-0.1, -0.05) is 18.2 Å². The first-order valence-electron chi connectivity index (χ1n) is 10.2. The molecule has 0 spiro atoms. The molecule has 1 aliphatic rings. The molecule has 1 heterocycles. The minimum atomic E-state index is -0.546. The van der Waals surface area contributed by atoms with E-state index in [0.717, 1.165) is 19.5 Å². The number of para-hydroxylation sites is 1. The Morgan fingerprint density at radius 1 is 1.10 bits per heavy atom. The van der Waals surface area contributed by atoms with Crippen LogP contribution < -0.4 is 15.5 Å². The Morgan fingerprint density at radius 3 is 2.37 bits per heavy atom. The number of halogens is 1. The summed E-state index contributed by atoms with van der Waals surface area (Å²) in [7, 11) is 5.54. The number of carbonyl (C=O) groups excluding carboxylic acids is 1. The lowest BCUT2D eigenvalue weighted by Crippen LogP contribution is -2.42. The van der Waals surface area contributed by atoms with Crippen LogP contribution in [0.2, 0.25) is 0 Å². The molecule has 0 bridgehead atoms. The zero-order valence-corrected chi connectivity index (χ0v) is 20.8. The highest BCUT2D eigenvalue weighted by molar-refractivity contribution is 14.0. The van der Waals surface area contributed by atoms with E-state index in [9.17, 15) is 4.79 Å². The van der Waals surface area contributed by atoms with Gasteiger partial charge >= 0.3 is 0 Å². The van der Waals surface area contributed by atoms with Crippen LogP contribution in [0, 0.1) is 0 Å². The Hall–Kier alpha value is -1.59. The highest BCUT2D eigenvalue weighted by Gasteiger charge is 2.30. The third-order valence-corrected chi connectivity index (χ3v) is 4.80. The van der Waals surface area contributed by atoms with Crippen LogP contribution in [-0.4, -0.2) is 83.1 Å². The number of hydrogen-bond donors (Lipinski definition) is 2. The standard InChI is InChI=1S/C21H35N5O3.HI/c1-21(28-15-16-29-21)11-13-23-20(24-17-19(27)25(2)3)22-12-8-14-26(4)18-9-6-5-7-10-18;/h5-7,9-10H,8,11-17H2,1-4H3,(H2,22,23,24);1H. The molecule has 30 heavy (non-hydrogen) atoms. The van der Waals surface area contributed by atoms with Gasteiger partial charge in [0.15, 0.2) is 11.7 Å². The summed E-state index contributed by atoms with van der Waals surface area (Å²) >= 11 is 0. The van der Waals surface area contributed by atoms with Crippen molar-refractivity contribution in [3.05, 3.63) is 30.3 Å². The van der Waals surface area contributed by atoms with Crippen molar-refractivity contribution < 1.29 is 14.3 Å². The Labute approximate surface area is 197 Å². The molecule has 0 atom stereocenters. The van der Waals surface area contributed by atoms with Crippen molar-refractivity contribution in [2.24, 2.45) is 4.99 Å². The number of guanidine groups is 1. The molecule has 0 aromatic heterocycles. The van der Waals surface area contributed by atoms with E-state index in [0.29, 0.717) is 32.1 Å². The highest BCUT2D eigenvalue weighted by atomic mass is 127. The van der Waals surface area contributed by atoms with E-state index in [2.05, 4.69) is 39.7 Å². The summed E-state index contributed by atoms with van der Waals surface area (Å²) < 4.78 is 11.3. The highest BCUT2D eigenvalue weighted by Crippen LogP contribution is 2.21. The minimum Gasteiger partial charge on any atom is -0.375 e. The number of carbonyl (C=O) groups is 1. The maximum atomic E-state index is 11.9. The van der Waals surface area contributed by atoms with Crippen molar-refractivity contribution in [2.45, 2.75) is 25.6 Å². The number of benzene rings is 1. The van der Waals surface area contributed by atoms with Crippen molar-refractivity contribution in [2.75, 3.05) is 65.4 Å². The van der Waals surface area contributed by atoms with Gasteiger partial charge in [0.2, 0.25) is 5.91 Å². The first kappa shape index (κ1) is 26.4. The average Bonchev–Trinajstić information content (AvgIpc) is 3.15. The van der Waals surface area contributed by atoms with Gasteiger partial charge in [-0.2, -0.15) is 0 Å². The van der Waals surface area contributed by atoms with E-state index in [1.807, 2.05) is 25.1 Å². The summed E-state index contributed by atoms with van der Waals surface area (Å²) in [5.74, 6) is 0.0455. The second-order valence-corrected chi connectivity index (χ2v) is 7.50. The second-order valence-electron chi connectivity index (χ2n) is 7.50. The van der Waals surface area contributed by atoms with Gasteiger partial charge in [0.25, 0.3) is 0 Å². The van der Waals surface area contributed by atoms with E-state index < -0.39 is 5.79 Å². The van der Waals surface area contributed by atoms with E-state index >= 15 is 0 Å². The number of rotatable bonds is 10. The molecule has 1 amide bonds. The molecule has 0 radical (unpaired) electrons. The number of aliphatic imine (C=N–C) groups is 1. The molecule has 0 saturated carbocycles. The van der Waals surface area contributed by atoms with Crippen LogP contribution in [0.5, 0.6) is 0 Å². The van der Waals surface area contributed by atoms with E-state index in [1.54, 1.807) is 14.1 Å². The van der Waals surface area contributed by atoms with Crippen molar-refractivity contribution in [3.63, 3.8) is 0 Å². The lowest BCUT2D eigenvalue weighted by Gasteiger charge is -2.23. The van der Waals surface area contributed by atoms with Crippen molar-refractivity contribution >= 4 is 41.5 Å². The Kier molecular flexibility index (Phi) is 12.0. The third kappa shape index (κ3) is 9.48. The normalized spacial score (nSPS) is 15.3. The molecule has 0 unspecified atom stereocenters. The molecular formula is C21H36IN5O3. The molecule has 1 aromatic carbocycles. The van der Waals surface area contributed by atoms with Gasteiger partial charge in [-0.05, 0) is 25.5 Å². The number of nitrogens with zero attached hydrogens (tertiary/aromatic N) is 3. The monoisotopic (exact) mass is 533 g/mol. The SMILES string of the molecule is CN(C)C(=O)CN=C(NCCCN(C)c1ccccc1)NCCC1(C)OCCO1.I. The zero-order valence-electron chi connectivity index (χ0n) is 18.5. The summed E-state index contributed by atoms with van der Waals surface area (Å²) in [6.45, 7) is 5.62. The number of anilines is 1. The van der Waals surface area contributed by atoms with Crippen molar-refractivity contribution in [1.82, 2.24) is 15.5 Å². The van der Waals surface area contributed by atoms with Crippen LogP contribution in [0.1, 0.15) is 19.8 Å². The zero-order chi connectivity index (χ0) is 21.1. The fourth-order valence-electron chi connectivity index (χ4n) is 2.91. The number of nitrogens with one attached hydrogen (secondary N) is 2. The summed E-state index contributed by atoms with van der Waals surface area (Å²) in [5, 5.41) is 6.60. The maximum Gasteiger partial charge on any atom is 0.243 e. The van der Waals surface area contributed by atoms with Gasteiger partial charge in [-0.25, -0.2) is 4.99 Å². The number of amides is 1. The molecule has 170 valence electrons. The smallest absolute Gasteiger partial charge is 0.243 e. The lowest BCUT2D eigenvalue weighted by molar-refractivity contribution is -0.145. The first-order chi connectivity index (χ1) is 13.9. The molecule has 1 aliphatic heterocycles. The Balaban J connectivity index is 0.00000450. The Bertz CT molecular complexity index is 651. The molecular weight excluding hydrogens is 497 g/mol. The van der Waals surface area contributed by atoms with Crippen LogP contribution in [-0.2, 0) is 14.3 Å². The van der Waals surface area contributed by atoms with Gasteiger partial charge in [0, 0.05) is 52.9 Å². The largest absolute Gasteiger partial charge is 0.375 e. The predicted molar refractivity (Wildman–Crippen MR) is 132 cm³/mol. The third-order valence-electron chi connectivity index (χ3n) is 4.80. The number of ether oxygens (including phenoxy) is 2.